The maximum Gasteiger partial charge on any atom is 0.247 e. The van der Waals surface area contributed by atoms with Gasteiger partial charge in [0.15, 0.2) is 5.65 Å². The normalized spacial score (nSPS) is 11.1. The molecule has 4 rings (SSSR count). The van der Waals surface area contributed by atoms with Crippen LogP contribution in [0.5, 0.6) is 11.6 Å². The van der Waals surface area contributed by atoms with E-state index in [9.17, 15) is 4.79 Å². The number of hydrogen-bond acceptors (Lipinski definition) is 7. The highest BCUT2D eigenvalue weighted by atomic mass is 16.5. The number of benzene rings is 2. The molecule has 9 nitrogen and oxygen atoms in total. The van der Waals surface area contributed by atoms with Gasteiger partial charge in [-0.15, -0.1) is 5.10 Å². The van der Waals surface area contributed by atoms with Gasteiger partial charge in [-0.3, -0.25) is 4.79 Å². The van der Waals surface area contributed by atoms with Crippen molar-refractivity contribution in [3.8, 4) is 11.6 Å². The summed E-state index contributed by atoms with van der Waals surface area (Å²) < 4.78 is 7.62. The molecule has 1 amide bonds. The monoisotopic (exact) mass is 467 g/mol. The number of carbonyl (C=O) groups excluding carboxylic acids is 1. The van der Waals surface area contributed by atoms with Crippen molar-refractivity contribution in [2.45, 2.75) is 13.8 Å². The lowest BCUT2D eigenvalue weighted by Crippen LogP contribution is -2.07. The summed E-state index contributed by atoms with van der Waals surface area (Å²) in [5.41, 5.74) is 4.32. The molecule has 0 aliphatic rings. The SMILES string of the molecule is C=CC(=O)Nc1cccc(Oc2cccc3nc(Nc4ccc(N/C(C)=C\C(C)=N)cc4)nn23)c1. The summed E-state index contributed by atoms with van der Waals surface area (Å²) in [6, 6.07) is 20.2. The lowest BCUT2D eigenvalue weighted by molar-refractivity contribution is -0.111. The molecule has 2 aromatic heterocycles. The molecular formula is C26H25N7O2. The Morgan fingerprint density at radius 3 is 2.49 bits per heavy atom. The van der Waals surface area contributed by atoms with Gasteiger partial charge in [0.2, 0.25) is 17.7 Å². The number of rotatable bonds is 9. The zero-order chi connectivity index (χ0) is 24.8. The van der Waals surface area contributed by atoms with Crippen molar-refractivity contribution < 1.29 is 9.53 Å². The maximum absolute atomic E-state index is 11.6. The van der Waals surface area contributed by atoms with Crippen LogP contribution >= 0.6 is 0 Å². The predicted molar refractivity (Wildman–Crippen MR) is 139 cm³/mol. The highest BCUT2D eigenvalue weighted by molar-refractivity contribution is 5.98. The fourth-order valence-electron chi connectivity index (χ4n) is 3.32. The third-order valence-corrected chi connectivity index (χ3v) is 4.75. The minimum absolute atomic E-state index is 0.298. The van der Waals surface area contributed by atoms with Crippen molar-refractivity contribution >= 4 is 40.3 Å². The van der Waals surface area contributed by atoms with Gasteiger partial charge in [-0.25, -0.2) is 0 Å². The van der Waals surface area contributed by atoms with E-state index in [1.54, 1.807) is 47.8 Å². The standard InChI is InChI=1S/C26H25N7O2/c1-4-24(34)29-21-7-5-8-22(16-21)35-25-10-6-9-23-31-26(32-33(23)25)30-20-13-11-19(12-14-20)28-18(3)15-17(2)27/h4-16,27-28H,1H2,2-3H3,(H,29,34)(H,30,32)/b18-15-,27-17?. The second kappa shape index (κ2) is 10.3. The Kier molecular flexibility index (Phi) is 6.87. The van der Waals surface area contributed by atoms with Crippen LogP contribution in [0, 0.1) is 5.41 Å². The van der Waals surface area contributed by atoms with Crippen molar-refractivity contribution in [3.05, 3.63) is 91.2 Å². The summed E-state index contributed by atoms with van der Waals surface area (Å²) in [6.45, 7) is 7.11. The minimum atomic E-state index is -0.298. The van der Waals surface area contributed by atoms with Crippen molar-refractivity contribution in [3.63, 3.8) is 0 Å². The quantitative estimate of drug-likeness (QED) is 0.184. The summed E-state index contributed by atoms with van der Waals surface area (Å²) in [6.07, 6.45) is 2.97. The van der Waals surface area contributed by atoms with E-state index in [-0.39, 0.29) is 5.91 Å². The van der Waals surface area contributed by atoms with Crippen molar-refractivity contribution in [2.24, 2.45) is 0 Å². The molecule has 2 aromatic carbocycles. The Labute approximate surface area is 202 Å². The molecule has 2 heterocycles. The molecule has 4 N–H and O–H groups in total. The molecule has 0 aliphatic heterocycles. The number of hydrogen-bond donors (Lipinski definition) is 4. The molecule has 0 atom stereocenters. The maximum atomic E-state index is 11.6. The minimum Gasteiger partial charge on any atom is -0.439 e. The first-order chi connectivity index (χ1) is 16.9. The number of aromatic nitrogens is 3. The molecule has 0 saturated heterocycles. The molecule has 176 valence electrons. The second-order valence-corrected chi connectivity index (χ2v) is 7.73. The van der Waals surface area contributed by atoms with Gasteiger partial charge in [0, 0.05) is 40.6 Å². The lowest BCUT2D eigenvalue weighted by Gasteiger charge is -2.09. The molecule has 0 radical (unpaired) electrons. The number of ether oxygens (including phenoxy) is 1. The Morgan fingerprint density at radius 2 is 1.74 bits per heavy atom. The molecular weight excluding hydrogens is 442 g/mol. The summed E-state index contributed by atoms with van der Waals surface area (Å²) in [7, 11) is 0. The number of nitrogens with one attached hydrogen (secondary N) is 4. The molecule has 0 aliphatic carbocycles. The van der Waals surface area contributed by atoms with E-state index in [1.165, 1.54) is 6.08 Å². The summed E-state index contributed by atoms with van der Waals surface area (Å²) in [5, 5.41) is 21.2. The topological polar surface area (TPSA) is 116 Å². The van der Waals surface area contributed by atoms with Crippen LogP contribution in [0.2, 0.25) is 0 Å². The van der Waals surface area contributed by atoms with Gasteiger partial charge in [0.25, 0.3) is 0 Å². The third kappa shape index (κ3) is 6.11. The van der Waals surface area contributed by atoms with E-state index in [0.717, 1.165) is 17.1 Å². The van der Waals surface area contributed by atoms with E-state index in [0.29, 0.717) is 34.6 Å². The Morgan fingerprint density at radius 1 is 1.00 bits per heavy atom. The Hall–Kier alpha value is -4.92. The number of allylic oxidation sites excluding steroid dienone is 2. The fraction of sp³-hybridized carbons (Fsp3) is 0.0769. The van der Waals surface area contributed by atoms with Crippen LogP contribution in [-0.2, 0) is 4.79 Å². The molecule has 4 aromatic rings. The van der Waals surface area contributed by atoms with Crippen LogP contribution in [0.3, 0.4) is 0 Å². The van der Waals surface area contributed by atoms with Gasteiger partial charge < -0.3 is 26.1 Å². The van der Waals surface area contributed by atoms with E-state index >= 15 is 0 Å². The van der Waals surface area contributed by atoms with Gasteiger partial charge >= 0.3 is 0 Å². The fourth-order valence-corrected chi connectivity index (χ4v) is 3.32. The molecule has 9 heteroatoms. The van der Waals surface area contributed by atoms with Gasteiger partial charge in [-0.1, -0.05) is 18.7 Å². The zero-order valence-corrected chi connectivity index (χ0v) is 19.4. The van der Waals surface area contributed by atoms with Crippen molar-refractivity contribution in [1.82, 2.24) is 14.6 Å². The van der Waals surface area contributed by atoms with Crippen LogP contribution in [-0.4, -0.2) is 26.2 Å². The molecule has 0 spiro atoms. The van der Waals surface area contributed by atoms with E-state index < -0.39 is 0 Å². The number of pyridine rings is 1. The van der Waals surface area contributed by atoms with Gasteiger partial charge in [-0.05, 0) is 68.5 Å². The molecule has 0 saturated carbocycles. The van der Waals surface area contributed by atoms with E-state index in [4.69, 9.17) is 10.1 Å². The summed E-state index contributed by atoms with van der Waals surface area (Å²) in [4.78, 5) is 16.1. The first-order valence-corrected chi connectivity index (χ1v) is 10.8. The summed E-state index contributed by atoms with van der Waals surface area (Å²) in [5.74, 6) is 1.13. The van der Waals surface area contributed by atoms with Gasteiger partial charge in [0.1, 0.15) is 5.75 Å². The van der Waals surface area contributed by atoms with E-state index in [1.807, 2.05) is 43.3 Å². The van der Waals surface area contributed by atoms with Crippen molar-refractivity contribution in [2.75, 3.05) is 16.0 Å². The van der Waals surface area contributed by atoms with Crippen LogP contribution in [0.1, 0.15) is 13.8 Å². The van der Waals surface area contributed by atoms with Crippen molar-refractivity contribution in [1.29, 1.82) is 5.41 Å². The van der Waals surface area contributed by atoms with Gasteiger partial charge in [0.05, 0.1) is 0 Å². The number of amides is 1. The average Bonchev–Trinajstić information content (AvgIpc) is 3.23. The number of nitrogens with zero attached hydrogens (tertiary/aromatic N) is 3. The van der Waals surface area contributed by atoms with Crippen LogP contribution < -0.4 is 20.7 Å². The Bertz CT molecular complexity index is 1420. The molecule has 0 unspecified atom stereocenters. The third-order valence-electron chi connectivity index (χ3n) is 4.75. The second-order valence-electron chi connectivity index (χ2n) is 7.73. The first-order valence-electron chi connectivity index (χ1n) is 10.8. The van der Waals surface area contributed by atoms with Crippen LogP contribution in [0.4, 0.5) is 23.0 Å². The largest absolute Gasteiger partial charge is 0.439 e. The smallest absolute Gasteiger partial charge is 0.247 e. The van der Waals surface area contributed by atoms with Crippen LogP contribution in [0.15, 0.2) is 91.2 Å². The molecule has 0 bridgehead atoms. The van der Waals surface area contributed by atoms with Gasteiger partial charge in [-0.2, -0.15) is 9.50 Å². The Balaban J connectivity index is 1.49. The number of anilines is 4. The predicted octanol–water partition coefficient (Wildman–Crippen LogP) is 5.75. The highest BCUT2D eigenvalue weighted by Gasteiger charge is 2.10. The molecule has 35 heavy (non-hydrogen) atoms. The van der Waals surface area contributed by atoms with Crippen LogP contribution in [0.25, 0.3) is 5.65 Å². The highest BCUT2D eigenvalue weighted by Crippen LogP contribution is 2.26. The summed E-state index contributed by atoms with van der Waals surface area (Å²) >= 11 is 0. The number of carbonyl (C=O) groups is 1. The average molecular weight is 468 g/mol. The first kappa shape index (κ1) is 23.2. The zero-order valence-electron chi connectivity index (χ0n) is 19.4. The lowest BCUT2D eigenvalue weighted by atomic mass is 10.2. The van der Waals surface area contributed by atoms with E-state index in [2.05, 4.69) is 32.6 Å². The number of fused-ring (bicyclic) bond motifs is 1. The molecule has 0 fully saturated rings.